The third-order valence-electron chi connectivity index (χ3n) is 1.93. The highest BCUT2D eigenvalue weighted by Gasteiger charge is 2.08. The van der Waals surface area contributed by atoms with E-state index in [-0.39, 0.29) is 11.3 Å². The van der Waals surface area contributed by atoms with E-state index in [1.807, 2.05) is 24.3 Å². The van der Waals surface area contributed by atoms with E-state index in [0.717, 1.165) is 11.3 Å². The second-order valence-electron chi connectivity index (χ2n) is 4.95. The van der Waals surface area contributed by atoms with Gasteiger partial charge in [-0.1, -0.05) is 12.1 Å². The molecule has 1 rings (SSSR count). The van der Waals surface area contributed by atoms with Crippen LogP contribution < -0.4 is 5.32 Å². The summed E-state index contributed by atoms with van der Waals surface area (Å²) in [6, 6.07) is 8.03. The Hall–Kier alpha value is -1.31. The molecule has 0 bridgehead atoms. The van der Waals surface area contributed by atoms with Crippen LogP contribution in [0.3, 0.4) is 0 Å². The third kappa shape index (κ3) is 4.63. The zero-order valence-electron chi connectivity index (χ0n) is 9.92. The van der Waals surface area contributed by atoms with Crippen molar-refractivity contribution >= 4 is 11.5 Å². The molecule has 1 N–H and O–H groups in total. The molecule has 0 atom stereocenters. The highest BCUT2D eigenvalue weighted by molar-refractivity contribution is 5.78. The number of carbonyl (C=O) groups is 1. The molecule has 0 aliphatic heterocycles. The number of ketones is 1. The van der Waals surface area contributed by atoms with Gasteiger partial charge in [0.15, 0.2) is 0 Å². The van der Waals surface area contributed by atoms with Gasteiger partial charge in [-0.25, -0.2) is 0 Å². The predicted octanol–water partition coefficient (Wildman–Crippen LogP) is 3.03. The number of benzene rings is 1. The van der Waals surface area contributed by atoms with Gasteiger partial charge >= 0.3 is 0 Å². The van der Waals surface area contributed by atoms with E-state index in [1.165, 1.54) is 0 Å². The third-order valence-corrected chi connectivity index (χ3v) is 1.93. The summed E-state index contributed by atoms with van der Waals surface area (Å²) >= 11 is 0. The quantitative estimate of drug-likeness (QED) is 0.821. The first-order valence-corrected chi connectivity index (χ1v) is 5.23. The fraction of sp³-hybridized carbons (Fsp3) is 0.462. The minimum Gasteiger partial charge on any atom is -0.380 e. The van der Waals surface area contributed by atoms with Gasteiger partial charge in [-0.15, -0.1) is 0 Å². The summed E-state index contributed by atoms with van der Waals surface area (Å²) in [7, 11) is 0. The van der Waals surface area contributed by atoms with Crippen LogP contribution in [0.4, 0.5) is 5.69 Å². The average molecular weight is 205 g/mol. The number of nitrogens with one attached hydrogen (secondary N) is 1. The maximum absolute atomic E-state index is 10.9. The summed E-state index contributed by atoms with van der Waals surface area (Å²) in [6.45, 7) is 7.98. The van der Waals surface area contributed by atoms with Crippen molar-refractivity contribution in [2.75, 3.05) is 5.32 Å². The van der Waals surface area contributed by atoms with Crippen LogP contribution in [0, 0.1) is 0 Å². The molecule has 1 aromatic rings. The Kier molecular flexibility index (Phi) is 3.51. The Bertz CT molecular complexity index is 333. The second-order valence-corrected chi connectivity index (χ2v) is 4.95. The summed E-state index contributed by atoms with van der Waals surface area (Å²) in [5.74, 6) is 0.200. The molecule has 0 aliphatic rings. The average Bonchev–Trinajstić information content (AvgIpc) is 2.05. The Morgan fingerprint density at radius 3 is 2.13 bits per heavy atom. The number of rotatable bonds is 3. The van der Waals surface area contributed by atoms with Crippen molar-refractivity contribution in [1.82, 2.24) is 0 Å². The summed E-state index contributed by atoms with van der Waals surface area (Å²) in [4.78, 5) is 10.9. The minimum atomic E-state index is 0.0715. The Balaban J connectivity index is 2.68. The number of carbonyl (C=O) groups excluding carboxylic acids is 1. The van der Waals surface area contributed by atoms with Crippen LogP contribution in [-0.4, -0.2) is 11.3 Å². The molecule has 0 saturated heterocycles. The Labute approximate surface area is 91.7 Å². The maximum atomic E-state index is 10.9. The molecule has 0 amide bonds. The van der Waals surface area contributed by atoms with Crippen LogP contribution in [-0.2, 0) is 11.2 Å². The molecule has 2 nitrogen and oxygen atoms in total. The number of hydrogen-bond acceptors (Lipinski definition) is 2. The van der Waals surface area contributed by atoms with Gasteiger partial charge in [-0.2, -0.15) is 0 Å². The molecule has 1 aromatic carbocycles. The molecule has 0 saturated carbocycles. The molecule has 0 heterocycles. The molecule has 0 spiro atoms. The van der Waals surface area contributed by atoms with Crippen LogP contribution in [0.1, 0.15) is 33.3 Å². The van der Waals surface area contributed by atoms with Gasteiger partial charge < -0.3 is 5.32 Å². The van der Waals surface area contributed by atoms with Crippen molar-refractivity contribution in [2.24, 2.45) is 0 Å². The van der Waals surface area contributed by atoms with Crippen molar-refractivity contribution in [3.8, 4) is 0 Å². The highest BCUT2D eigenvalue weighted by Crippen LogP contribution is 2.15. The Morgan fingerprint density at radius 2 is 1.73 bits per heavy atom. The summed E-state index contributed by atoms with van der Waals surface area (Å²) in [5.41, 5.74) is 2.24. The van der Waals surface area contributed by atoms with Crippen molar-refractivity contribution in [3.63, 3.8) is 0 Å². The van der Waals surface area contributed by atoms with E-state index < -0.39 is 0 Å². The van der Waals surface area contributed by atoms with E-state index >= 15 is 0 Å². The Morgan fingerprint density at radius 1 is 1.20 bits per heavy atom. The van der Waals surface area contributed by atoms with Crippen LogP contribution in [0.5, 0.6) is 0 Å². The number of Topliss-reactive ketones (excluding diaryl/α,β-unsaturated/α-hetero) is 1. The fourth-order valence-electron chi connectivity index (χ4n) is 1.43. The number of anilines is 1. The van der Waals surface area contributed by atoms with Crippen molar-refractivity contribution < 1.29 is 4.79 Å². The van der Waals surface area contributed by atoms with Gasteiger partial charge in [-0.05, 0) is 45.4 Å². The van der Waals surface area contributed by atoms with Crippen molar-refractivity contribution in [1.29, 1.82) is 0 Å². The molecule has 0 aliphatic carbocycles. The van der Waals surface area contributed by atoms with E-state index in [1.54, 1.807) is 6.92 Å². The molecule has 2 heteroatoms. The van der Waals surface area contributed by atoms with Gasteiger partial charge in [0.25, 0.3) is 0 Å². The van der Waals surface area contributed by atoms with Crippen LogP contribution >= 0.6 is 0 Å². The zero-order chi connectivity index (χ0) is 11.5. The molecule has 0 aromatic heterocycles. The van der Waals surface area contributed by atoms with Gasteiger partial charge in [0.2, 0.25) is 0 Å². The lowest BCUT2D eigenvalue weighted by Crippen LogP contribution is -2.25. The molecule has 82 valence electrons. The van der Waals surface area contributed by atoms with Crippen molar-refractivity contribution in [3.05, 3.63) is 29.8 Å². The van der Waals surface area contributed by atoms with Gasteiger partial charge in [0, 0.05) is 17.6 Å². The molecule has 15 heavy (non-hydrogen) atoms. The minimum absolute atomic E-state index is 0.0715. The largest absolute Gasteiger partial charge is 0.380 e. The van der Waals surface area contributed by atoms with E-state index in [2.05, 4.69) is 26.1 Å². The number of hydrogen-bond donors (Lipinski definition) is 1. The topological polar surface area (TPSA) is 29.1 Å². The zero-order valence-corrected chi connectivity index (χ0v) is 9.92. The first-order chi connectivity index (χ1) is 6.87. The SMILES string of the molecule is CC(=O)Cc1ccc(NC(C)(C)C)cc1. The van der Waals surface area contributed by atoms with Crippen LogP contribution in [0.15, 0.2) is 24.3 Å². The smallest absolute Gasteiger partial charge is 0.134 e. The second kappa shape index (κ2) is 4.47. The molecule has 0 unspecified atom stereocenters. The maximum Gasteiger partial charge on any atom is 0.134 e. The standard InChI is InChI=1S/C13H19NO/c1-10(15)9-11-5-7-12(8-6-11)14-13(2,3)4/h5-8,14H,9H2,1-4H3. The monoisotopic (exact) mass is 205 g/mol. The van der Waals surface area contributed by atoms with Gasteiger partial charge in [0.05, 0.1) is 0 Å². The fourth-order valence-corrected chi connectivity index (χ4v) is 1.43. The molecule has 0 fully saturated rings. The van der Waals surface area contributed by atoms with Gasteiger partial charge in [0.1, 0.15) is 5.78 Å². The first kappa shape index (κ1) is 11.8. The normalized spacial score (nSPS) is 11.2. The first-order valence-electron chi connectivity index (χ1n) is 5.23. The lowest BCUT2D eigenvalue weighted by molar-refractivity contribution is -0.116. The predicted molar refractivity (Wildman–Crippen MR) is 64.2 cm³/mol. The van der Waals surface area contributed by atoms with Gasteiger partial charge in [-0.3, -0.25) is 4.79 Å². The lowest BCUT2D eigenvalue weighted by atomic mass is 10.1. The summed E-state index contributed by atoms with van der Waals surface area (Å²) < 4.78 is 0. The van der Waals surface area contributed by atoms with E-state index in [0.29, 0.717) is 6.42 Å². The van der Waals surface area contributed by atoms with Crippen LogP contribution in [0.25, 0.3) is 0 Å². The molecule has 0 radical (unpaired) electrons. The van der Waals surface area contributed by atoms with E-state index in [9.17, 15) is 4.79 Å². The molecular formula is C13H19NO. The molecular weight excluding hydrogens is 186 g/mol. The lowest BCUT2D eigenvalue weighted by Gasteiger charge is -2.22. The summed E-state index contributed by atoms with van der Waals surface area (Å²) in [6.07, 6.45) is 0.524. The van der Waals surface area contributed by atoms with E-state index in [4.69, 9.17) is 0 Å². The van der Waals surface area contributed by atoms with Crippen LogP contribution in [0.2, 0.25) is 0 Å². The summed E-state index contributed by atoms with van der Waals surface area (Å²) in [5, 5.41) is 3.38. The highest BCUT2D eigenvalue weighted by atomic mass is 16.1. The van der Waals surface area contributed by atoms with Crippen molar-refractivity contribution in [2.45, 2.75) is 39.7 Å².